The molecule has 142 valence electrons. The standard InChI is InChI=1S/C15H23ClN2O5S2/c1-23-15(7-9-18(10-8-15)24(2,19)20)12-17-25(21,22)11-13-5-3-4-6-14(13)16/h3-6,17H,7-12H2,1-2H3. The average molecular weight is 411 g/mol. The molecule has 7 nitrogen and oxygen atoms in total. The Morgan fingerprint density at radius 1 is 1.20 bits per heavy atom. The maximum atomic E-state index is 12.3. The van der Waals surface area contributed by atoms with Crippen molar-refractivity contribution in [2.24, 2.45) is 0 Å². The molecule has 25 heavy (non-hydrogen) atoms. The molecule has 2 rings (SSSR count). The van der Waals surface area contributed by atoms with E-state index < -0.39 is 25.6 Å². The number of benzene rings is 1. The number of hydrogen-bond donors (Lipinski definition) is 1. The second-order valence-electron chi connectivity index (χ2n) is 6.22. The first-order chi connectivity index (χ1) is 11.6. The fourth-order valence-electron chi connectivity index (χ4n) is 2.79. The second kappa shape index (κ2) is 7.89. The molecular formula is C15H23ClN2O5S2. The molecule has 0 saturated carbocycles. The van der Waals surface area contributed by atoms with Gasteiger partial charge in [-0.15, -0.1) is 0 Å². The predicted molar refractivity (Wildman–Crippen MR) is 97.5 cm³/mol. The van der Waals surface area contributed by atoms with Crippen molar-refractivity contribution < 1.29 is 21.6 Å². The fourth-order valence-corrected chi connectivity index (χ4v) is 5.16. The van der Waals surface area contributed by atoms with Gasteiger partial charge >= 0.3 is 0 Å². The minimum absolute atomic E-state index is 0.0912. The number of methoxy groups -OCH3 is 1. The summed E-state index contributed by atoms with van der Waals surface area (Å²) < 4.78 is 57.4. The number of nitrogens with zero attached hydrogens (tertiary/aromatic N) is 1. The Hall–Kier alpha value is -0.710. The minimum Gasteiger partial charge on any atom is -0.377 e. The van der Waals surface area contributed by atoms with Gasteiger partial charge in [0.25, 0.3) is 0 Å². The van der Waals surface area contributed by atoms with Crippen LogP contribution in [0.1, 0.15) is 18.4 Å². The number of halogens is 1. The Labute approximate surface area is 154 Å². The normalized spacial score (nSPS) is 19.0. The zero-order valence-electron chi connectivity index (χ0n) is 14.2. The van der Waals surface area contributed by atoms with Gasteiger partial charge < -0.3 is 4.74 Å². The fraction of sp³-hybridized carbons (Fsp3) is 0.600. The van der Waals surface area contributed by atoms with Crippen LogP contribution < -0.4 is 4.72 Å². The molecule has 0 bridgehead atoms. The van der Waals surface area contributed by atoms with Gasteiger partial charge in [-0.2, -0.15) is 0 Å². The number of hydrogen-bond acceptors (Lipinski definition) is 5. The molecule has 0 aromatic heterocycles. The van der Waals surface area contributed by atoms with Gasteiger partial charge in [-0.1, -0.05) is 29.8 Å². The Bertz CT molecular complexity index is 803. The molecule has 0 radical (unpaired) electrons. The van der Waals surface area contributed by atoms with Crippen molar-refractivity contribution in [2.75, 3.05) is 33.0 Å². The van der Waals surface area contributed by atoms with Crippen molar-refractivity contribution in [3.05, 3.63) is 34.9 Å². The first-order valence-electron chi connectivity index (χ1n) is 7.78. The van der Waals surface area contributed by atoms with Crippen LogP contribution in [-0.4, -0.2) is 59.7 Å². The molecule has 0 amide bonds. The lowest BCUT2D eigenvalue weighted by Crippen LogP contribution is -2.53. The third kappa shape index (κ3) is 5.63. The molecule has 0 aliphatic carbocycles. The lowest BCUT2D eigenvalue weighted by molar-refractivity contribution is -0.0401. The Balaban J connectivity index is 2.00. The Kier molecular flexibility index (Phi) is 6.50. The SMILES string of the molecule is COC1(CNS(=O)(=O)Cc2ccccc2Cl)CCN(S(C)(=O)=O)CC1. The van der Waals surface area contributed by atoms with E-state index in [1.165, 1.54) is 17.7 Å². The van der Waals surface area contributed by atoms with E-state index in [1.54, 1.807) is 24.3 Å². The van der Waals surface area contributed by atoms with Gasteiger partial charge in [0, 0.05) is 31.8 Å². The summed E-state index contributed by atoms with van der Waals surface area (Å²) in [7, 11) is -5.33. The van der Waals surface area contributed by atoms with E-state index in [0.717, 1.165) is 0 Å². The van der Waals surface area contributed by atoms with Crippen molar-refractivity contribution in [1.29, 1.82) is 0 Å². The number of sulfonamides is 2. The molecule has 0 unspecified atom stereocenters. The quantitative estimate of drug-likeness (QED) is 0.729. The molecule has 0 spiro atoms. The smallest absolute Gasteiger partial charge is 0.215 e. The summed E-state index contributed by atoms with van der Waals surface area (Å²) in [5.74, 6) is -0.220. The molecule has 1 heterocycles. The highest BCUT2D eigenvalue weighted by molar-refractivity contribution is 7.88. The molecule has 1 fully saturated rings. The van der Waals surface area contributed by atoms with E-state index in [4.69, 9.17) is 16.3 Å². The average Bonchev–Trinajstić information content (AvgIpc) is 2.55. The number of rotatable bonds is 7. The van der Waals surface area contributed by atoms with Gasteiger partial charge in [0.2, 0.25) is 20.0 Å². The third-order valence-corrected chi connectivity index (χ3v) is 7.40. The molecule has 1 aliphatic rings. The molecular weight excluding hydrogens is 388 g/mol. The second-order valence-corrected chi connectivity index (χ2v) is 10.4. The summed E-state index contributed by atoms with van der Waals surface area (Å²) >= 11 is 6.01. The van der Waals surface area contributed by atoms with Crippen LogP contribution in [-0.2, 0) is 30.5 Å². The number of ether oxygens (including phenoxy) is 1. The summed E-state index contributed by atoms with van der Waals surface area (Å²) in [5, 5.41) is 0.399. The summed E-state index contributed by atoms with van der Waals surface area (Å²) in [4.78, 5) is 0. The zero-order chi connectivity index (χ0) is 18.7. The highest BCUT2D eigenvalue weighted by atomic mass is 35.5. The van der Waals surface area contributed by atoms with E-state index in [2.05, 4.69) is 4.72 Å². The van der Waals surface area contributed by atoms with Crippen molar-refractivity contribution in [2.45, 2.75) is 24.2 Å². The Morgan fingerprint density at radius 3 is 2.32 bits per heavy atom. The first-order valence-corrected chi connectivity index (χ1v) is 11.7. The van der Waals surface area contributed by atoms with E-state index in [-0.39, 0.29) is 12.3 Å². The van der Waals surface area contributed by atoms with Crippen LogP contribution in [0, 0.1) is 0 Å². The van der Waals surface area contributed by atoms with E-state index >= 15 is 0 Å². The van der Waals surface area contributed by atoms with Gasteiger partial charge in [-0.3, -0.25) is 0 Å². The monoisotopic (exact) mass is 410 g/mol. The van der Waals surface area contributed by atoms with Crippen LogP contribution in [0.2, 0.25) is 5.02 Å². The van der Waals surface area contributed by atoms with E-state index in [0.29, 0.717) is 36.5 Å². The van der Waals surface area contributed by atoms with Gasteiger partial charge in [0.05, 0.1) is 17.6 Å². The lowest BCUT2D eigenvalue weighted by atomic mass is 9.92. The molecule has 1 N–H and O–H groups in total. The maximum absolute atomic E-state index is 12.3. The van der Waals surface area contributed by atoms with Crippen molar-refractivity contribution in [3.63, 3.8) is 0 Å². The van der Waals surface area contributed by atoms with Crippen LogP contribution in [0.4, 0.5) is 0 Å². The maximum Gasteiger partial charge on any atom is 0.215 e. The van der Waals surface area contributed by atoms with Crippen LogP contribution >= 0.6 is 11.6 Å². The lowest BCUT2D eigenvalue weighted by Gasteiger charge is -2.39. The summed E-state index contributed by atoms with van der Waals surface area (Å²) in [6.45, 7) is 0.700. The van der Waals surface area contributed by atoms with Crippen molar-refractivity contribution >= 4 is 31.6 Å². The molecule has 1 aromatic rings. The summed E-state index contributed by atoms with van der Waals surface area (Å²) in [6, 6.07) is 6.78. The third-order valence-electron chi connectivity index (χ3n) is 4.45. The van der Waals surface area contributed by atoms with Crippen LogP contribution in [0.25, 0.3) is 0 Å². The largest absolute Gasteiger partial charge is 0.377 e. The van der Waals surface area contributed by atoms with Crippen LogP contribution in [0.15, 0.2) is 24.3 Å². The topological polar surface area (TPSA) is 92.8 Å². The molecule has 1 aromatic carbocycles. The summed E-state index contributed by atoms with van der Waals surface area (Å²) in [6.07, 6.45) is 2.01. The minimum atomic E-state index is -3.59. The van der Waals surface area contributed by atoms with Gasteiger partial charge in [-0.25, -0.2) is 25.9 Å². The predicted octanol–water partition coefficient (Wildman–Crippen LogP) is 1.20. The molecule has 10 heteroatoms. The summed E-state index contributed by atoms with van der Waals surface area (Å²) in [5.41, 5.74) is -0.190. The van der Waals surface area contributed by atoms with Gasteiger partial charge in [-0.05, 0) is 24.5 Å². The number of nitrogens with one attached hydrogen (secondary N) is 1. The molecule has 1 aliphatic heterocycles. The van der Waals surface area contributed by atoms with Gasteiger partial charge in [0.1, 0.15) is 0 Å². The van der Waals surface area contributed by atoms with Crippen LogP contribution in [0.5, 0.6) is 0 Å². The number of piperidine rings is 1. The van der Waals surface area contributed by atoms with Crippen molar-refractivity contribution in [1.82, 2.24) is 9.03 Å². The van der Waals surface area contributed by atoms with Crippen LogP contribution in [0.3, 0.4) is 0 Å². The van der Waals surface area contributed by atoms with E-state index in [1.807, 2.05) is 0 Å². The first kappa shape index (κ1) is 20.6. The van der Waals surface area contributed by atoms with E-state index in [9.17, 15) is 16.8 Å². The Morgan fingerprint density at radius 2 is 1.80 bits per heavy atom. The van der Waals surface area contributed by atoms with Gasteiger partial charge in [0.15, 0.2) is 0 Å². The molecule has 1 saturated heterocycles. The zero-order valence-corrected chi connectivity index (χ0v) is 16.6. The highest BCUT2D eigenvalue weighted by Gasteiger charge is 2.37. The van der Waals surface area contributed by atoms with Crippen molar-refractivity contribution in [3.8, 4) is 0 Å². The highest BCUT2D eigenvalue weighted by Crippen LogP contribution is 2.27. The molecule has 0 atom stereocenters.